The molecule has 0 saturated heterocycles. The van der Waals surface area contributed by atoms with Gasteiger partial charge in [0.1, 0.15) is 0 Å². The number of hydrogen-bond acceptors (Lipinski definition) is 0. The molecule has 0 spiro atoms. The fourth-order valence-corrected chi connectivity index (χ4v) is 9.88. The number of hydrogen-bond donors (Lipinski definition) is 0. The van der Waals surface area contributed by atoms with Crippen LogP contribution >= 0.6 is 0 Å². The molecule has 0 N–H and O–H groups in total. The Morgan fingerprint density at radius 2 is 1.56 bits per heavy atom. The minimum atomic E-state index is -1.55. The second kappa shape index (κ2) is 5.60. The van der Waals surface area contributed by atoms with Crippen LogP contribution in [0, 0.1) is 0 Å². The first-order valence-corrected chi connectivity index (χ1v) is 13.6. The van der Waals surface area contributed by atoms with Crippen molar-refractivity contribution in [3.63, 3.8) is 0 Å². The van der Waals surface area contributed by atoms with E-state index in [0.717, 1.165) is 0 Å². The van der Waals surface area contributed by atoms with Gasteiger partial charge in [0, 0.05) is 0 Å². The minimum absolute atomic E-state index is 0.184. The van der Waals surface area contributed by atoms with Crippen molar-refractivity contribution in [3.8, 4) is 0 Å². The van der Waals surface area contributed by atoms with Crippen LogP contribution in [0.4, 0.5) is 0 Å². The zero-order chi connectivity index (χ0) is 14.1. The molecular formula is C15H30InN2+. The van der Waals surface area contributed by atoms with Gasteiger partial charge in [-0.15, -0.1) is 0 Å². The van der Waals surface area contributed by atoms with Gasteiger partial charge in [-0.1, -0.05) is 0 Å². The van der Waals surface area contributed by atoms with Gasteiger partial charge in [-0.25, -0.2) is 0 Å². The van der Waals surface area contributed by atoms with E-state index in [1.165, 1.54) is 8.35 Å². The molecule has 3 heteroatoms. The molecule has 2 nitrogen and oxygen atoms in total. The Morgan fingerprint density at radius 1 is 1.06 bits per heavy atom. The van der Waals surface area contributed by atoms with E-state index < -0.39 is 21.4 Å². The number of imidazole rings is 1. The molecule has 0 radical (unpaired) electrons. The van der Waals surface area contributed by atoms with Gasteiger partial charge in [-0.3, -0.25) is 0 Å². The van der Waals surface area contributed by atoms with Crippen LogP contribution in [0.2, 0.25) is 8.35 Å². The van der Waals surface area contributed by atoms with Gasteiger partial charge in [0.25, 0.3) is 0 Å². The summed E-state index contributed by atoms with van der Waals surface area (Å²) in [7, 11) is 0. The average molecular weight is 353 g/mol. The Kier molecular flexibility index (Phi) is 5.02. The van der Waals surface area contributed by atoms with E-state index in [9.17, 15) is 0 Å². The molecule has 1 rings (SSSR count). The van der Waals surface area contributed by atoms with Gasteiger partial charge in [0.05, 0.1) is 0 Å². The van der Waals surface area contributed by atoms with Gasteiger partial charge >= 0.3 is 121 Å². The molecule has 0 atom stereocenters. The molecule has 1 aromatic rings. The number of rotatable bonds is 3. The van der Waals surface area contributed by atoms with Crippen LogP contribution in [0.25, 0.3) is 0 Å². The molecular weight excluding hydrogens is 323 g/mol. The maximum atomic E-state index is 2.55. The van der Waals surface area contributed by atoms with Crippen LogP contribution < -0.4 is 8.02 Å². The van der Waals surface area contributed by atoms with Gasteiger partial charge in [-0.2, -0.15) is 0 Å². The molecule has 0 aromatic carbocycles. The van der Waals surface area contributed by atoms with Crippen molar-refractivity contribution in [2.45, 2.75) is 74.8 Å². The molecule has 102 valence electrons. The third-order valence-corrected chi connectivity index (χ3v) is 12.9. The molecule has 0 aliphatic carbocycles. The quantitative estimate of drug-likeness (QED) is 0.739. The van der Waals surface area contributed by atoms with Crippen molar-refractivity contribution in [2.75, 3.05) is 0 Å². The Balaban J connectivity index is 3.35. The normalized spacial score (nSPS) is 12.9. The summed E-state index contributed by atoms with van der Waals surface area (Å²) in [6.45, 7) is 18.6. The van der Waals surface area contributed by atoms with Gasteiger partial charge in [-0.05, 0) is 0 Å². The topological polar surface area (TPSA) is 8.81 Å². The Bertz CT molecular complexity index is 390. The summed E-state index contributed by atoms with van der Waals surface area (Å²) in [5.41, 5.74) is 0.383. The molecule has 0 fully saturated rings. The molecule has 0 bridgehead atoms. The van der Waals surface area contributed by atoms with Crippen molar-refractivity contribution in [3.05, 3.63) is 12.5 Å². The summed E-state index contributed by atoms with van der Waals surface area (Å²) >= 11 is -1.55. The van der Waals surface area contributed by atoms with E-state index in [1.807, 2.05) is 0 Å². The SMILES string of the molecule is C[CH2][In]([CH2]C)[c]1c[n+](C(C)(C)C)cn1C(C)(C)C. The first-order chi connectivity index (χ1) is 8.11. The molecule has 0 saturated carbocycles. The first kappa shape index (κ1) is 16.1. The summed E-state index contributed by atoms with van der Waals surface area (Å²) in [5.74, 6) is 0. The Labute approximate surface area is 121 Å². The van der Waals surface area contributed by atoms with Crippen molar-refractivity contribution in [1.29, 1.82) is 0 Å². The van der Waals surface area contributed by atoms with E-state index in [4.69, 9.17) is 0 Å². The van der Waals surface area contributed by atoms with Crippen molar-refractivity contribution < 1.29 is 4.57 Å². The molecule has 0 unspecified atom stereocenters. The Morgan fingerprint density at radius 3 is 1.89 bits per heavy atom. The van der Waals surface area contributed by atoms with E-state index >= 15 is 0 Å². The number of aromatic nitrogens is 2. The van der Waals surface area contributed by atoms with Crippen LogP contribution in [-0.4, -0.2) is 26.0 Å². The fraction of sp³-hybridized carbons (Fsp3) is 0.800. The second-order valence-electron chi connectivity index (χ2n) is 7.30. The summed E-state index contributed by atoms with van der Waals surface area (Å²) in [4.78, 5) is 0. The molecule has 0 amide bonds. The van der Waals surface area contributed by atoms with Crippen molar-refractivity contribution in [1.82, 2.24) is 4.57 Å². The van der Waals surface area contributed by atoms with Crippen LogP contribution in [0.1, 0.15) is 55.4 Å². The van der Waals surface area contributed by atoms with Gasteiger partial charge in [0.2, 0.25) is 0 Å². The van der Waals surface area contributed by atoms with E-state index in [-0.39, 0.29) is 11.1 Å². The fourth-order valence-electron chi connectivity index (χ4n) is 2.37. The maximum absolute atomic E-state index is 2.55. The molecule has 0 aliphatic heterocycles. The standard InChI is InChI=1S/C11H20N2.2C2H5.In/c1-10(2,3)12-7-8-13(9-12)11(4,5)6;2*1-2;/h7,9H,1-6H3;2*1H2,2H3;/q+1;;;. The van der Waals surface area contributed by atoms with Crippen molar-refractivity contribution >= 4 is 24.9 Å². The number of nitrogens with zero attached hydrogens (tertiary/aromatic N) is 2. The zero-order valence-electron chi connectivity index (χ0n) is 13.5. The predicted molar refractivity (Wildman–Crippen MR) is 81.0 cm³/mol. The van der Waals surface area contributed by atoms with E-state index in [1.54, 1.807) is 3.45 Å². The predicted octanol–water partition coefficient (Wildman–Crippen LogP) is 3.03. The summed E-state index contributed by atoms with van der Waals surface area (Å²) in [6.07, 6.45) is 4.78. The van der Waals surface area contributed by atoms with Gasteiger partial charge in [0.15, 0.2) is 0 Å². The summed E-state index contributed by atoms with van der Waals surface area (Å²) in [6, 6.07) is 0. The molecule has 0 aliphatic rings. The zero-order valence-corrected chi connectivity index (χ0v) is 16.8. The van der Waals surface area contributed by atoms with E-state index in [0.29, 0.717) is 0 Å². The van der Waals surface area contributed by atoms with Crippen molar-refractivity contribution in [2.24, 2.45) is 0 Å². The Hall–Kier alpha value is 0.0801. The second-order valence-corrected chi connectivity index (χ2v) is 17.6. The molecule has 1 aromatic heterocycles. The van der Waals surface area contributed by atoms with E-state index in [2.05, 4.69) is 77.0 Å². The van der Waals surface area contributed by atoms with Gasteiger partial charge < -0.3 is 0 Å². The van der Waals surface area contributed by atoms with Crippen LogP contribution in [0.15, 0.2) is 12.5 Å². The molecule has 18 heavy (non-hydrogen) atoms. The summed E-state index contributed by atoms with van der Waals surface area (Å²) in [5, 5.41) is 0. The van der Waals surface area contributed by atoms with Crippen LogP contribution in [0.5, 0.6) is 0 Å². The monoisotopic (exact) mass is 353 g/mol. The average Bonchev–Trinajstić information content (AvgIpc) is 2.63. The molecule has 1 heterocycles. The van der Waals surface area contributed by atoms with Crippen LogP contribution in [-0.2, 0) is 11.1 Å². The summed E-state index contributed by atoms with van der Waals surface area (Å²) < 4.78 is 9.48. The third kappa shape index (κ3) is 3.55. The van der Waals surface area contributed by atoms with Crippen LogP contribution in [0.3, 0.4) is 0 Å². The first-order valence-electron chi connectivity index (χ1n) is 7.25. The third-order valence-electron chi connectivity index (χ3n) is 3.69.